The van der Waals surface area contributed by atoms with E-state index in [1.165, 1.54) is 0 Å². The maximum absolute atomic E-state index is 12.9. The van der Waals surface area contributed by atoms with Crippen LogP contribution < -0.4 is 20.9 Å². The Labute approximate surface area is 210 Å². The molecule has 0 aromatic carbocycles. The van der Waals surface area contributed by atoms with Crippen LogP contribution >= 0.6 is 12.4 Å². The number of halogens is 1. The predicted octanol–water partition coefficient (Wildman–Crippen LogP) is 0.490. The van der Waals surface area contributed by atoms with Crippen LogP contribution in [0.3, 0.4) is 0 Å². The summed E-state index contributed by atoms with van der Waals surface area (Å²) < 4.78 is 5.54. The van der Waals surface area contributed by atoms with Crippen LogP contribution in [0.25, 0.3) is 11.3 Å². The largest absolute Gasteiger partial charge is 0.378 e. The first-order chi connectivity index (χ1) is 16.5. The minimum Gasteiger partial charge on any atom is -0.378 e. The predicted molar refractivity (Wildman–Crippen MR) is 135 cm³/mol. The number of ether oxygens (including phenoxy) is 1. The van der Waals surface area contributed by atoms with E-state index < -0.39 is 0 Å². The third kappa shape index (κ3) is 4.25. The van der Waals surface area contributed by atoms with Crippen LogP contribution in [0.4, 0.5) is 17.7 Å². The number of nitrogens with zero attached hydrogens (tertiary/aromatic N) is 7. The number of hydrogen-bond acceptors (Lipinski definition) is 10. The summed E-state index contributed by atoms with van der Waals surface area (Å²) in [6, 6.07) is -0.0134. The number of nitrogens with two attached hydrogens (primary N) is 1. The van der Waals surface area contributed by atoms with E-state index >= 15 is 0 Å². The SMILES string of the molecule is C[C@]1(N2CCc3c(-c4cnc(N)nc4)nc(N4CCOCC4)nc32)CCN(C(=O)[C@@H]2CCN2)C1.Cl. The molecule has 4 aliphatic heterocycles. The van der Waals surface area contributed by atoms with Gasteiger partial charge in [0.15, 0.2) is 0 Å². The average molecular weight is 502 g/mol. The Morgan fingerprint density at radius 3 is 2.60 bits per heavy atom. The highest BCUT2D eigenvalue weighted by molar-refractivity contribution is 5.85. The summed E-state index contributed by atoms with van der Waals surface area (Å²) in [5, 5.41) is 3.25. The molecule has 0 aliphatic carbocycles. The van der Waals surface area contributed by atoms with E-state index in [4.69, 9.17) is 20.4 Å². The molecule has 6 rings (SSSR count). The van der Waals surface area contributed by atoms with Crippen LogP contribution in [-0.2, 0) is 16.0 Å². The van der Waals surface area contributed by atoms with Gasteiger partial charge in [-0.15, -0.1) is 12.4 Å². The van der Waals surface area contributed by atoms with Crippen molar-refractivity contribution in [2.75, 3.05) is 68.0 Å². The number of hydrogen-bond donors (Lipinski definition) is 2. The molecular formula is C23H32ClN9O2. The van der Waals surface area contributed by atoms with Crippen LogP contribution in [0.1, 0.15) is 25.3 Å². The van der Waals surface area contributed by atoms with E-state index in [0.29, 0.717) is 25.7 Å². The zero-order valence-electron chi connectivity index (χ0n) is 19.9. The van der Waals surface area contributed by atoms with Crippen molar-refractivity contribution in [3.8, 4) is 11.3 Å². The lowest BCUT2D eigenvalue weighted by atomic mass is 9.99. The lowest BCUT2D eigenvalue weighted by Crippen LogP contribution is -2.55. The number of aromatic nitrogens is 4. The first-order valence-electron chi connectivity index (χ1n) is 12.1. The molecule has 1 amide bonds. The topological polar surface area (TPSA) is 126 Å². The van der Waals surface area contributed by atoms with E-state index in [0.717, 1.165) is 74.6 Å². The molecule has 3 saturated heterocycles. The highest BCUT2D eigenvalue weighted by atomic mass is 35.5. The fraction of sp³-hybridized carbons (Fsp3) is 0.609. The smallest absolute Gasteiger partial charge is 0.239 e. The van der Waals surface area contributed by atoms with Crippen molar-refractivity contribution < 1.29 is 9.53 Å². The lowest BCUT2D eigenvalue weighted by Gasteiger charge is -2.38. The number of anilines is 3. The van der Waals surface area contributed by atoms with Crippen LogP contribution in [0.5, 0.6) is 0 Å². The van der Waals surface area contributed by atoms with Gasteiger partial charge < -0.3 is 30.5 Å². The zero-order chi connectivity index (χ0) is 23.3. The molecule has 2 atom stereocenters. The summed E-state index contributed by atoms with van der Waals surface area (Å²) in [5.41, 5.74) is 8.38. The van der Waals surface area contributed by atoms with Crippen molar-refractivity contribution in [2.45, 2.75) is 37.8 Å². The zero-order valence-corrected chi connectivity index (χ0v) is 20.8. The molecule has 188 valence electrons. The van der Waals surface area contributed by atoms with E-state index in [2.05, 4.69) is 32.0 Å². The Balaban J connectivity index is 0.00000253. The van der Waals surface area contributed by atoms with Crippen LogP contribution in [-0.4, -0.2) is 94.8 Å². The minimum atomic E-state index is -0.170. The van der Waals surface area contributed by atoms with Gasteiger partial charge in [-0.25, -0.2) is 15.0 Å². The van der Waals surface area contributed by atoms with Gasteiger partial charge in [-0.1, -0.05) is 0 Å². The standard InChI is InChI=1S/C23H31N9O2.ClH/c1-23(4-7-31(14-23)20(33)17-2-5-25-17)32-6-3-16-18(15-12-26-21(24)27-13-15)28-22(29-19(16)32)30-8-10-34-11-9-30;/h12-13,17,25H,2-11,14H2,1H3,(H2,24,26,27);1H/t17-,23-;/m0./s1. The number of nitrogen functional groups attached to an aromatic ring is 1. The number of carbonyl (C=O) groups is 1. The van der Waals surface area contributed by atoms with E-state index in [9.17, 15) is 4.79 Å². The van der Waals surface area contributed by atoms with Gasteiger partial charge in [0.1, 0.15) is 5.82 Å². The van der Waals surface area contributed by atoms with E-state index in [1.807, 2.05) is 4.90 Å². The normalized spacial score (nSPS) is 25.7. The average Bonchev–Trinajstić information content (AvgIpc) is 3.43. The van der Waals surface area contributed by atoms with Gasteiger partial charge in [-0.05, 0) is 32.7 Å². The first kappa shape index (κ1) is 24.0. The van der Waals surface area contributed by atoms with Gasteiger partial charge >= 0.3 is 0 Å². The van der Waals surface area contributed by atoms with Gasteiger partial charge in [0, 0.05) is 56.2 Å². The van der Waals surface area contributed by atoms with Gasteiger partial charge in [0.25, 0.3) is 0 Å². The maximum Gasteiger partial charge on any atom is 0.239 e. The Morgan fingerprint density at radius 2 is 1.91 bits per heavy atom. The second kappa shape index (κ2) is 9.36. The summed E-state index contributed by atoms with van der Waals surface area (Å²) in [4.78, 5) is 37.9. The fourth-order valence-corrected chi connectivity index (χ4v) is 5.45. The van der Waals surface area contributed by atoms with Crippen LogP contribution in [0.2, 0.25) is 0 Å². The van der Waals surface area contributed by atoms with Gasteiger partial charge in [-0.2, -0.15) is 4.98 Å². The molecule has 0 radical (unpaired) electrons. The Morgan fingerprint density at radius 1 is 1.17 bits per heavy atom. The van der Waals surface area contributed by atoms with Crippen molar-refractivity contribution in [1.29, 1.82) is 0 Å². The molecule has 0 saturated carbocycles. The Hall–Kier alpha value is -2.76. The number of likely N-dealkylation sites (tertiary alicyclic amines) is 1. The third-order valence-corrected chi connectivity index (χ3v) is 7.59. The van der Waals surface area contributed by atoms with Crippen molar-refractivity contribution >= 4 is 36.0 Å². The molecule has 0 unspecified atom stereocenters. The molecule has 3 N–H and O–H groups in total. The van der Waals surface area contributed by atoms with Gasteiger partial charge in [0.05, 0.1) is 30.5 Å². The minimum absolute atomic E-state index is 0. The highest BCUT2D eigenvalue weighted by Gasteiger charge is 2.46. The number of fused-ring (bicyclic) bond motifs is 1. The Bertz CT molecular complexity index is 1090. The lowest BCUT2D eigenvalue weighted by molar-refractivity contribution is -0.134. The number of morpholine rings is 1. The van der Waals surface area contributed by atoms with Crippen LogP contribution in [0.15, 0.2) is 12.4 Å². The van der Waals surface area contributed by atoms with Gasteiger partial charge in [0.2, 0.25) is 17.8 Å². The maximum atomic E-state index is 12.9. The van der Waals surface area contributed by atoms with Gasteiger partial charge in [-0.3, -0.25) is 4.79 Å². The Kier molecular flexibility index (Phi) is 6.41. The molecule has 2 aromatic heterocycles. The fourth-order valence-electron chi connectivity index (χ4n) is 5.45. The molecule has 4 aliphatic rings. The molecule has 11 nitrogen and oxygen atoms in total. The van der Waals surface area contributed by atoms with Crippen LogP contribution in [0, 0.1) is 0 Å². The number of nitrogens with one attached hydrogen (secondary N) is 1. The second-order valence-electron chi connectivity index (χ2n) is 9.81. The quantitative estimate of drug-likeness (QED) is 0.611. The summed E-state index contributed by atoms with van der Waals surface area (Å²) in [7, 11) is 0. The summed E-state index contributed by atoms with van der Waals surface area (Å²) in [6.07, 6.45) is 6.16. The molecular weight excluding hydrogens is 470 g/mol. The summed E-state index contributed by atoms with van der Waals surface area (Å²) in [6.45, 7) is 8.35. The molecule has 0 spiro atoms. The monoisotopic (exact) mass is 501 g/mol. The van der Waals surface area contributed by atoms with Crippen molar-refractivity contribution in [2.24, 2.45) is 0 Å². The second-order valence-corrected chi connectivity index (χ2v) is 9.81. The van der Waals surface area contributed by atoms with Crippen molar-refractivity contribution in [3.05, 3.63) is 18.0 Å². The van der Waals surface area contributed by atoms with E-state index in [-0.39, 0.29) is 35.8 Å². The summed E-state index contributed by atoms with van der Waals surface area (Å²) in [5.74, 6) is 2.13. The highest BCUT2D eigenvalue weighted by Crippen LogP contribution is 2.41. The first-order valence-corrected chi connectivity index (χ1v) is 12.1. The van der Waals surface area contributed by atoms with Crippen molar-refractivity contribution in [3.63, 3.8) is 0 Å². The molecule has 2 aromatic rings. The molecule has 0 bridgehead atoms. The molecule has 35 heavy (non-hydrogen) atoms. The van der Waals surface area contributed by atoms with E-state index in [1.54, 1.807) is 12.4 Å². The number of amides is 1. The molecule has 6 heterocycles. The third-order valence-electron chi connectivity index (χ3n) is 7.59. The summed E-state index contributed by atoms with van der Waals surface area (Å²) >= 11 is 0. The van der Waals surface area contributed by atoms with Crippen molar-refractivity contribution in [1.82, 2.24) is 30.2 Å². The number of carbonyl (C=O) groups excluding carboxylic acids is 1. The molecule has 3 fully saturated rings. The molecule has 12 heteroatoms. The number of rotatable bonds is 4.